The quantitative estimate of drug-likeness (QED) is 0.435. The zero-order chi connectivity index (χ0) is 23.3. The third-order valence-electron chi connectivity index (χ3n) is 13.6. The van der Waals surface area contributed by atoms with Gasteiger partial charge in [0, 0.05) is 0 Å². The van der Waals surface area contributed by atoms with Crippen molar-refractivity contribution < 1.29 is 5.11 Å². The lowest BCUT2D eigenvalue weighted by atomic mass is 9.41. The average Bonchev–Trinajstić information content (AvgIpc) is 3.31. The molecule has 9 unspecified atom stereocenters. The van der Waals surface area contributed by atoms with Gasteiger partial charge in [0.2, 0.25) is 0 Å². The zero-order valence-corrected chi connectivity index (χ0v) is 22.6. The molecule has 5 aliphatic carbocycles. The van der Waals surface area contributed by atoms with E-state index in [1.807, 2.05) is 0 Å². The lowest BCUT2D eigenvalue weighted by Crippen LogP contribution is -2.57. The summed E-state index contributed by atoms with van der Waals surface area (Å²) in [5, 5.41) is 10.9. The predicted molar refractivity (Wildman–Crippen MR) is 135 cm³/mol. The van der Waals surface area contributed by atoms with Crippen molar-refractivity contribution in [3.05, 3.63) is 11.6 Å². The molecule has 32 heavy (non-hydrogen) atoms. The van der Waals surface area contributed by atoms with E-state index in [9.17, 15) is 5.11 Å². The molecule has 9 atom stereocenters. The van der Waals surface area contributed by atoms with E-state index in [0.29, 0.717) is 27.6 Å². The van der Waals surface area contributed by atoms with E-state index in [1.165, 1.54) is 57.8 Å². The fourth-order valence-electron chi connectivity index (χ4n) is 11.1. The zero-order valence-electron chi connectivity index (χ0n) is 22.6. The van der Waals surface area contributed by atoms with Gasteiger partial charge in [0.05, 0.1) is 6.10 Å². The van der Waals surface area contributed by atoms with Gasteiger partial charge in [-0.2, -0.15) is 0 Å². The van der Waals surface area contributed by atoms with Crippen molar-refractivity contribution >= 4 is 0 Å². The van der Waals surface area contributed by atoms with Crippen molar-refractivity contribution in [1.29, 1.82) is 0 Å². The largest absolute Gasteiger partial charge is 0.393 e. The van der Waals surface area contributed by atoms with E-state index >= 15 is 0 Å². The van der Waals surface area contributed by atoms with E-state index in [-0.39, 0.29) is 11.5 Å². The molecule has 182 valence electrons. The summed E-state index contributed by atoms with van der Waals surface area (Å²) in [5.74, 6) is 4.06. The number of aliphatic hydroxyl groups is 1. The second kappa shape index (κ2) is 7.11. The maximum Gasteiger partial charge on any atom is 0.0594 e. The molecular formula is C31H52O. The maximum atomic E-state index is 10.9. The molecule has 1 nitrogen and oxygen atoms in total. The summed E-state index contributed by atoms with van der Waals surface area (Å²) in [6.07, 6.45) is 16.3. The predicted octanol–water partition coefficient (Wildman–Crippen LogP) is 8.41. The molecule has 0 radical (unpaired) electrons. The summed E-state index contributed by atoms with van der Waals surface area (Å²) in [5.41, 5.74) is 3.92. The van der Waals surface area contributed by atoms with Crippen LogP contribution in [-0.4, -0.2) is 11.2 Å². The highest BCUT2D eigenvalue weighted by molar-refractivity contribution is 5.30. The van der Waals surface area contributed by atoms with E-state index in [2.05, 4.69) is 61.5 Å². The molecule has 2 spiro atoms. The van der Waals surface area contributed by atoms with Gasteiger partial charge in [-0.25, -0.2) is 0 Å². The lowest BCUT2D eigenvalue weighted by Gasteiger charge is -2.63. The third kappa shape index (κ3) is 2.73. The third-order valence-corrected chi connectivity index (χ3v) is 13.6. The molecule has 0 aliphatic heterocycles. The van der Waals surface area contributed by atoms with Gasteiger partial charge in [-0.1, -0.05) is 60.1 Å². The van der Waals surface area contributed by atoms with Crippen molar-refractivity contribution in [2.45, 2.75) is 126 Å². The molecule has 5 rings (SSSR count). The highest BCUT2D eigenvalue weighted by Crippen LogP contribution is 2.89. The second-order valence-electron chi connectivity index (χ2n) is 14.8. The summed E-state index contributed by atoms with van der Waals surface area (Å²) in [6, 6.07) is 0. The number of allylic oxidation sites excluding steroid dienone is 2. The minimum absolute atomic E-state index is 0.0872. The molecule has 5 aliphatic rings. The first-order chi connectivity index (χ1) is 14.9. The Morgan fingerprint density at radius 1 is 0.844 bits per heavy atom. The Balaban J connectivity index is 1.41. The molecule has 0 heterocycles. The highest BCUT2D eigenvalue weighted by atomic mass is 16.3. The molecule has 0 bridgehead atoms. The summed E-state index contributed by atoms with van der Waals surface area (Å²) in [6.45, 7) is 19.8. The molecule has 1 heteroatoms. The van der Waals surface area contributed by atoms with Crippen molar-refractivity contribution in [1.82, 2.24) is 0 Å². The number of aliphatic hydroxyl groups excluding tert-OH is 1. The van der Waals surface area contributed by atoms with E-state index in [0.717, 1.165) is 30.1 Å². The van der Waals surface area contributed by atoms with Crippen LogP contribution in [0.3, 0.4) is 0 Å². The van der Waals surface area contributed by atoms with Crippen molar-refractivity contribution in [3.63, 3.8) is 0 Å². The van der Waals surface area contributed by atoms with Gasteiger partial charge in [-0.05, 0) is 128 Å². The minimum atomic E-state index is -0.0872. The first-order valence-corrected chi connectivity index (χ1v) is 14.2. The Hall–Kier alpha value is -0.300. The summed E-state index contributed by atoms with van der Waals surface area (Å²) >= 11 is 0. The molecule has 1 N–H and O–H groups in total. The highest BCUT2D eigenvalue weighted by Gasteiger charge is 2.82. The lowest BCUT2D eigenvalue weighted by molar-refractivity contribution is -0.161. The van der Waals surface area contributed by atoms with Gasteiger partial charge in [0.1, 0.15) is 0 Å². The molecule has 0 saturated heterocycles. The molecule has 0 aromatic heterocycles. The van der Waals surface area contributed by atoms with E-state index < -0.39 is 0 Å². The minimum Gasteiger partial charge on any atom is -0.393 e. The van der Waals surface area contributed by atoms with Crippen LogP contribution in [0.1, 0.15) is 120 Å². The summed E-state index contributed by atoms with van der Waals surface area (Å²) in [4.78, 5) is 0. The Kier molecular flexibility index (Phi) is 5.21. The molecule has 5 fully saturated rings. The topological polar surface area (TPSA) is 20.2 Å². The van der Waals surface area contributed by atoms with Crippen LogP contribution in [0.5, 0.6) is 0 Å². The molecule has 0 amide bonds. The summed E-state index contributed by atoms with van der Waals surface area (Å²) < 4.78 is 0. The molecule has 0 aromatic rings. The van der Waals surface area contributed by atoms with E-state index in [4.69, 9.17) is 0 Å². The normalized spacial score (nSPS) is 52.6. The fraction of sp³-hybridized carbons (Fsp3) is 0.935. The van der Waals surface area contributed by atoms with Crippen molar-refractivity contribution in [2.24, 2.45) is 56.7 Å². The summed E-state index contributed by atoms with van der Waals surface area (Å²) in [7, 11) is 0. The van der Waals surface area contributed by atoms with Gasteiger partial charge in [-0.3, -0.25) is 0 Å². The van der Waals surface area contributed by atoms with Crippen molar-refractivity contribution in [2.75, 3.05) is 0 Å². The Morgan fingerprint density at radius 2 is 1.50 bits per heavy atom. The molecule has 5 saturated carbocycles. The van der Waals surface area contributed by atoms with Crippen LogP contribution in [0.4, 0.5) is 0 Å². The average molecular weight is 441 g/mol. The maximum absolute atomic E-state index is 10.9. The SMILES string of the molecule is C/C(=C\CC(C)C1CCC2(C)C3CCC4C(C)(C)C(O)CCC45CC35CCC12C)C(C)C. The van der Waals surface area contributed by atoms with Crippen LogP contribution in [0.2, 0.25) is 0 Å². The van der Waals surface area contributed by atoms with Crippen LogP contribution >= 0.6 is 0 Å². The van der Waals surface area contributed by atoms with Crippen LogP contribution in [-0.2, 0) is 0 Å². The number of rotatable bonds is 4. The molecular weight excluding hydrogens is 388 g/mol. The Bertz CT molecular complexity index is 792. The van der Waals surface area contributed by atoms with E-state index in [1.54, 1.807) is 5.57 Å². The fourth-order valence-corrected chi connectivity index (χ4v) is 11.1. The standard InChI is InChI=1S/C31H52O/c1-20(2)21(3)9-10-22(4)23-13-15-29(8)25-12-11-24-27(5,6)26(32)14-16-30(24)19-31(25,30)18-17-28(23,29)7/h9,20,22-26,32H,10-19H2,1-8H3/b21-9+. The van der Waals surface area contributed by atoms with Gasteiger partial charge in [0.15, 0.2) is 0 Å². The van der Waals surface area contributed by atoms with Gasteiger partial charge in [0.25, 0.3) is 0 Å². The first kappa shape index (κ1) is 23.4. The smallest absolute Gasteiger partial charge is 0.0594 e. The number of hydrogen-bond acceptors (Lipinski definition) is 1. The number of hydrogen-bond donors (Lipinski definition) is 1. The second-order valence-corrected chi connectivity index (χ2v) is 14.8. The van der Waals surface area contributed by atoms with Gasteiger partial charge >= 0.3 is 0 Å². The Labute approximate surface area is 199 Å². The van der Waals surface area contributed by atoms with Crippen LogP contribution in [0.25, 0.3) is 0 Å². The van der Waals surface area contributed by atoms with Crippen LogP contribution in [0.15, 0.2) is 11.6 Å². The monoisotopic (exact) mass is 440 g/mol. The Morgan fingerprint density at radius 3 is 2.19 bits per heavy atom. The first-order valence-electron chi connectivity index (χ1n) is 14.2. The van der Waals surface area contributed by atoms with Crippen LogP contribution in [0, 0.1) is 56.7 Å². The molecule has 0 aromatic carbocycles. The van der Waals surface area contributed by atoms with Gasteiger partial charge < -0.3 is 5.11 Å². The van der Waals surface area contributed by atoms with Gasteiger partial charge in [-0.15, -0.1) is 0 Å². The van der Waals surface area contributed by atoms with Crippen LogP contribution < -0.4 is 0 Å². The number of fused-ring (bicyclic) bond motifs is 2. The van der Waals surface area contributed by atoms with Crippen molar-refractivity contribution in [3.8, 4) is 0 Å².